The number of benzene rings is 2. The SMILES string of the molecule is C=CC(CCN=C(C)N)NCc1ccc(-n2cc3cc(-c4cc(CCCC(N)CO)cc(Cl)c4F)[nH]c3nc2=O)cc1. The molecule has 0 spiro atoms. The Bertz CT molecular complexity index is 1610. The van der Waals surface area contributed by atoms with E-state index in [-0.39, 0.29) is 23.7 Å². The molecule has 4 aromatic rings. The van der Waals surface area contributed by atoms with Crippen molar-refractivity contribution in [1.82, 2.24) is 19.9 Å². The fraction of sp³-hybridized carbons (Fsp3) is 0.323. The van der Waals surface area contributed by atoms with Gasteiger partial charge < -0.3 is 26.9 Å². The minimum Gasteiger partial charge on any atom is -0.395 e. The summed E-state index contributed by atoms with van der Waals surface area (Å²) >= 11 is 6.22. The van der Waals surface area contributed by atoms with E-state index in [1.807, 2.05) is 30.3 Å². The first-order valence-corrected chi connectivity index (χ1v) is 14.2. The summed E-state index contributed by atoms with van der Waals surface area (Å²) in [5, 5.41) is 13.2. The Morgan fingerprint density at radius 2 is 2.02 bits per heavy atom. The zero-order valence-corrected chi connectivity index (χ0v) is 24.4. The fourth-order valence-corrected chi connectivity index (χ4v) is 4.92. The van der Waals surface area contributed by atoms with Crippen LogP contribution in [0.2, 0.25) is 5.02 Å². The van der Waals surface area contributed by atoms with E-state index in [1.165, 1.54) is 4.57 Å². The van der Waals surface area contributed by atoms with Crippen molar-refractivity contribution < 1.29 is 9.50 Å². The van der Waals surface area contributed by atoms with Gasteiger partial charge in [-0.05, 0) is 74.1 Å². The largest absolute Gasteiger partial charge is 0.395 e. The van der Waals surface area contributed by atoms with Crippen molar-refractivity contribution in [1.29, 1.82) is 0 Å². The van der Waals surface area contributed by atoms with Crippen molar-refractivity contribution in [2.75, 3.05) is 13.2 Å². The van der Waals surface area contributed by atoms with E-state index in [1.54, 1.807) is 31.3 Å². The minimum absolute atomic E-state index is 0.00769. The van der Waals surface area contributed by atoms with Gasteiger partial charge in [0.2, 0.25) is 0 Å². The lowest BCUT2D eigenvalue weighted by Gasteiger charge is -2.14. The number of nitrogens with two attached hydrogens (primary N) is 2. The van der Waals surface area contributed by atoms with E-state index in [9.17, 15) is 4.79 Å². The molecule has 7 N–H and O–H groups in total. The van der Waals surface area contributed by atoms with Gasteiger partial charge in [0.1, 0.15) is 5.65 Å². The molecule has 0 amide bonds. The summed E-state index contributed by atoms with van der Waals surface area (Å²) < 4.78 is 16.5. The molecule has 0 fully saturated rings. The van der Waals surface area contributed by atoms with Gasteiger partial charge in [-0.1, -0.05) is 29.8 Å². The average Bonchev–Trinajstić information content (AvgIpc) is 3.38. The number of aliphatic hydroxyl groups is 1. The van der Waals surface area contributed by atoms with Gasteiger partial charge in [-0.25, -0.2) is 9.18 Å². The van der Waals surface area contributed by atoms with E-state index in [0.717, 1.165) is 24.0 Å². The van der Waals surface area contributed by atoms with Crippen molar-refractivity contribution in [3.8, 4) is 16.9 Å². The summed E-state index contributed by atoms with van der Waals surface area (Å²) in [7, 11) is 0. The smallest absolute Gasteiger partial charge is 0.354 e. The van der Waals surface area contributed by atoms with Gasteiger partial charge >= 0.3 is 5.69 Å². The summed E-state index contributed by atoms with van der Waals surface area (Å²) in [4.78, 5) is 24.4. The molecule has 2 aromatic carbocycles. The molecular weight excluding hydrogens is 557 g/mol. The second-order valence-electron chi connectivity index (χ2n) is 10.4. The highest BCUT2D eigenvalue weighted by Gasteiger charge is 2.16. The highest BCUT2D eigenvalue weighted by atomic mass is 35.5. The third-order valence-corrected chi connectivity index (χ3v) is 7.30. The van der Waals surface area contributed by atoms with E-state index < -0.39 is 11.5 Å². The first-order valence-electron chi connectivity index (χ1n) is 13.9. The number of H-pyrrole nitrogens is 1. The van der Waals surface area contributed by atoms with Crippen LogP contribution >= 0.6 is 11.6 Å². The van der Waals surface area contributed by atoms with Crippen LogP contribution in [0.15, 0.2) is 71.1 Å². The second kappa shape index (κ2) is 14.4. The average molecular weight is 594 g/mol. The van der Waals surface area contributed by atoms with Gasteiger partial charge in [-0.2, -0.15) is 4.98 Å². The molecule has 0 aliphatic carbocycles. The van der Waals surface area contributed by atoms with Crippen LogP contribution in [0.1, 0.15) is 37.3 Å². The number of fused-ring (bicyclic) bond motifs is 1. The molecule has 2 unspecified atom stereocenters. The number of rotatable bonds is 14. The minimum atomic E-state index is -0.556. The molecule has 2 aromatic heterocycles. The van der Waals surface area contributed by atoms with E-state index in [0.29, 0.717) is 59.7 Å². The topological polar surface area (TPSA) is 147 Å². The number of aliphatic hydroxyl groups excluding tert-OH is 1. The summed E-state index contributed by atoms with van der Waals surface area (Å²) in [5.41, 5.74) is 14.6. The number of amidine groups is 1. The van der Waals surface area contributed by atoms with Gasteiger partial charge in [-0.15, -0.1) is 6.58 Å². The maximum absolute atomic E-state index is 15.1. The molecule has 42 heavy (non-hydrogen) atoms. The van der Waals surface area contributed by atoms with E-state index in [2.05, 4.69) is 26.9 Å². The van der Waals surface area contributed by atoms with Gasteiger partial charge in [0.05, 0.1) is 28.8 Å². The number of nitrogens with one attached hydrogen (secondary N) is 2. The molecule has 0 bridgehead atoms. The van der Waals surface area contributed by atoms with Gasteiger partial charge in [0, 0.05) is 42.3 Å². The molecular formula is C31H37ClFN7O2. The van der Waals surface area contributed by atoms with Gasteiger partial charge in [-0.3, -0.25) is 9.56 Å². The molecule has 2 heterocycles. The molecule has 0 saturated carbocycles. The summed E-state index contributed by atoms with van der Waals surface area (Å²) in [6.45, 7) is 6.81. The summed E-state index contributed by atoms with van der Waals surface area (Å²) in [6, 6.07) is 12.5. The lowest BCUT2D eigenvalue weighted by molar-refractivity contribution is 0.258. The van der Waals surface area contributed by atoms with Crippen LogP contribution in [0, 0.1) is 5.82 Å². The first kappa shape index (κ1) is 31.1. The maximum atomic E-state index is 15.1. The number of hydrogen-bond acceptors (Lipinski definition) is 6. The molecule has 0 aliphatic heterocycles. The first-order chi connectivity index (χ1) is 20.2. The highest BCUT2D eigenvalue weighted by Crippen LogP contribution is 2.31. The fourth-order valence-electron chi connectivity index (χ4n) is 4.68. The second-order valence-corrected chi connectivity index (χ2v) is 10.8. The quantitative estimate of drug-likeness (QED) is 0.0840. The number of aryl methyl sites for hydroxylation is 1. The van der Waals surface area contributed by atoms with Gasteiger partial charge in [0.15, 0.2) is 5.82 Å². The number of aromatic nitrogens is 3. The van der Waals surface area contributed by atoms with Crippen molar-refractivity contribution in [2.45, 2.75) is 51.2 Å². The van der Waals surface area contributed by atoms with Crippen LogP contribution in [0.4, 0.5) is 4.39 Å². The van der Waals surface area contributed by atoms with Crippen molar-refractivity contribution in [3.63, 3.8) is 0 Å². The maximum Gasteiger partial charge on any atom is 0.354 e. The predicted molar refractivity (Wildman–Crippen MR) is 168 cm³/mol. The molecule has 0 saturated heterocycles. The van der Waals surface area contributed by atoms with Crippen LogP contribution in [0.25, 0.3) is 28.0 Å². The van der Waals surface area contributed by atoms with Crippen molar-refractivity contribution in [2.24, 2.45) is 16.5 Å². The zero-order chi connectivity index (χ0) is 30.2. The standard InChI is InChI=1S/C31H37ClFN7O2/c1-3-24(11-12-36-19(2)34)37-16-20-7-9-25(10-8-20)40-17-22-15-28(38-30(22)39-31(40)42)26-13-21(14-27(32)29(26)33)5-4-6-23(35)18-41/h3,7-10,13-15,17,23-24,37,41H,1,4-6,11-12,16,18,35H2,2H3,(H2,34,36)(H,38,39,42). The van der Waals surface area contributed by atoms with Crippen LogP contribution in [-0.2, 0) is 13.0 Å². The third-order valence-electron chi connectivity index (χ3n) is 7.03. The normalized spacial score (nSPS) is 13.4. The van der Waals surface area contributed by atoms with Crippen LogP contribution < -0.4 is 22.5 Å². The Balaban J connectivity index is 1.51. The zero-order valence-electron chi connectivity index (χ0n) is 23.6. The predicted octanol–water partition coefficient (Wildman–Crippen LogP) is 4.23. The molecule has 222 valence electrons. The lowest BCUT2D eigenvalue weighted by atomic mass is 10.0. The van der Waals surface area contributed by atoms with Crippen LogP contribution in [-0.4, -0.2) is 50.7 Å². The Labute approximate surface area is 249 Å². The van der Waals surface area contributed by atoms with Crippen molar-refractivity contribution in [3.05, 3.63) is 93.8 Å². The molecule has 9 nitrogen and oxygen atoms in total. The number of halogens is 2. The summed E-state index contributed by atoms with van der Waals surface area (Å²) in [6.07, 6.45) is 6.32. The monoisotopic (exact) mass is 593 g/mol. The van der Waals surface area contributed by atoms with Crippen molar-refractivity contribution >= 4 is 28.5 Å². The highest BCUT2D eigenvalue weighted by molar-refractivity contribution is 6.31. The number of nitrogens with zero attached hydrogens (tertiary/aromatic N) is 3. The molecule has 2 atom stereocenters. The Hall–Kier alpha value is -3.83. The Kier molecular flexibility index (Phi) is 10.6. The Morgan fingerprint density at radius 1 is 1.26 bits per heavy atom. The Morgan fingerprint density at radius 3 is 2.71 bits per heavy atom. The van der Waals surface area contributed by atoms with E-state index >= 15 is 4.39 Å². The molecule has 4 rings (SSSR count). The number of aliphatic imine (C=N–C) groups is 1. The molecule has 0 radical (unpaired) electrons. The number of aromatic amines is 1. The van der Waals surface area contributed by atoms with Gasteiger partial charge in [0.25, 0.3) is 0 Å². The molecule has 11 heteroatoms. The molecule has 0 aliphatic rings. The third kappa shape index (κ3) is 7.92. The summed E-state index contributed by atoms with van der Waals surface area (Å²) in [5.74, 6) is 0.00420. The number of hydrogen-bond donors (Lipinski definition) is 5. The van der Waals surface area contributed by atoms with Crippen LogP contribution in [0.5, 0.6) is 0 Å². The van der Waals surface area contributed by atoms with E-state index in [4.69, 9.17) is 28.2 Å². The lowest BCUT2D eigenvalue weighted by Crippen LogP contribution is -2.27. The van der Waals surface area contributed by atoms with Crippen LogP contribution in [0.3, 0.4) is 0 Å².